The predicted octanol–water partition coefficient (Wildman–Crippen LogP) is 10.4. The smallest absolute Gasteiger partial charge is 0.0430 e. The van der Waals surface area contributed by atoms with Crippen LogP contribution in [0, 0.1) is 46.5 Å². The largest absolute Gasteiger partial charge is 0.261 e. The fourth-order valence-corrected chi connectivity index (χ4v) is 3.37. The standard InChI is InChI=1S/C26H27N.C5H6.C3H8.C2H6/c1-17-7-8-18(2)26(13-17)19(3)9-11-23-15-25(14-20(4)22(23)6)24-12-10-21(5)27-16-24;1-3-5-4-2;1-3-2;1-2/h7-8,10,12-16,19H,1-6H3;3,5H,1-2H2;3H2,1-2H3;1-2H3/t19-;;;/m0.../s1. The Morgan fingerprint density at radius 1 is 0.892 bits per heavy atom. The van der Waals surface area contributed by atoms with E-state index in [-0.39, 0.29) is 5.92 Å². The van der Waals surface area contributed by atoms with Gasteiger partial charge in [-0.25, -0.2) is 0 Å². The highest BCUT2D eigenvalue weighted by Crippen LogP contribution is 2.25. The van der Waals surface area contributed by atoms with Crippen molar-refractivity contribution >= 4 is 0 Å². The van der Waals surface area contributed by atoms with Crippen LogP contribution in [0.2, 0.25) is 0 Å². The fourth-order valence-electron chi connectivity index (χ4n) is 3.37. The molecule has 3 aromatic rings. The van der Waals surface area contributed by atoms with E-state index in [1.165, 1.54) is 39.8 Å². The summed E-state index contributed by atoms with van der Waals surface area (Å²) in [5.74, 6) is 7.13. The first-order valence-corrected chi connectivity index (χ1v) is 13.3. The Morgan fingerprint density at radius 3 is 2.05 bits per heavy atom. The van der Waals surface area contributed by atoms with Crippen LogP contribution in [0.1, 0.15) is 86.0 Å². The molecule has 1 nitrogen and oxygen atoms in total. The van der Waals surface area contributed by atoms with E-state index in [0.29, 0.717) is 0 Å². The Balaban J connectivity index is 0.00000112. The van der Waals surface area contributed by atoms with Crippen molar-refractivity contribution in [3.8, 4) is 23.0 Å². The number of aromatic nitrogens is 1. The minimum Gasteiger partial charge on any atom is -0.261 e. The molecule has 0 fully saturated rings. The maximum Gasteiger partial charge on any atom is 0.0430 e. The van der Waals surface area contributed by atoms with Crippen molar-refractivity contribution in [1.29, 1.82) is 0 Å². The van der Waals surface area contributed by atoms with E-state index < -0.39 is 0 Å². The van der Waals surface area contributed by atoms with Gasteiger partial charge in [0.15, 0.2) is 0 Å². The van der Waals surface area contributed by atoms with Crippen LogP contribution in [0.25, 0.3) is 11.1 Å². The SMILES string of the molecule is C=C=CC=C.CC.CCC.Cc1ccc(C)c([C@@H](C)C#Cc2cc(-c3ccc(C)nc3)cc(C)c2C)c1. The number of hydrogen-bond acceptors (Lipinski definition) is 1. The van der Waals surface area contributed by atoms with Crippen molar-refractivity contribution in [2.45, 2.75) is 81.6 Å². The number of hydrogen-bond donors (Lipinski definition) is 0. The van der Waals surface area contributed by atoms with Gasteiger partial charge in [-0.2, -0.15) is 0 Å². The lowest BCUT2D eigenvalue weighted by atomic mass is 9.93. The third kappa shape index (κ3) is 11.8. The van der Waals surface area contributed by atoms with E-state index in [0.717, 1.165) is 16.8 Å². The monoisotopic (exact) mass is 493 g/mol. The number of rotatable bonds is 3. The first-order valence-electron chi connectivity index (χ1n) is 13.3. The molecule has 1 aromatic heterocycles. The van der Waals surface area contributed by atoms with Crippen LogP contribution in [0.3, 0.4) is 0 Å². The fraction of sp³-hybridized carbons (Fsp3) is 0.333. The van der Waals surface area contributed by atoms with Crippen molar-refractivity contribution in [2.75, 3.05) is 0 Å². The van der Waals surface area contributed by atoms with Gasteiger partial charge in [0.05, 0.1) is 0 Å². The summed E-state index contributed by atoms with van der Waals surface area (Å²) in [6, 6.07) is 15.2. The first kappa shape index (κ1) is 33.4. The maximum atomic E-state index is 4.43. The predicted molar refractivity (Wildman–Crippen MR) is 166 cm³/mol. The van der Waals surface area contributed by atoms with Gasteiger partial charge in [-0.05, 0) is 87.6 Å². The molecule has 0 saturated carbocycles. The second-order valence-corrected chi connectivity index (χ2v) is 8.82. The number of nitrogens with zero attached hydrogens (tertiary/aromatic N) is 1. The highest BCUT2D eigenvalue weighted by atomic mass is 14.7. The van der Waals surface area contributed by atoms with E-state index in [9.17, 15) is 0 Å². The molecular weight excluding hydrogens is 446 g/mol. The molecule has 1 atom stereocenters. The highest BCUT2D eigenvalue weighted by molar-refractivity contribution is 5.67. The van der Waals surface area contributed by atoms with Gasteiger partial charge in [0.1, 0.15) is 0 Å². The van der Waals surface area contributed by atoms with Crippen LogP contribution >= 0.6 is 0 Å². The lowest BCUT2D eigenvalue weighted by Gasteiger charge is -2.11. The van der Waals surface area contributed by atoms with Crippen LogP contribution in [0.4, 0.5) is 0 Å². The van der Waals surface area contributed by atoms with Crippen molar-refractivity contribution in [3.63, 3.8) is 0 Å². The van der Waals surface area contributed by atoms with Crippen LogP contribution in [0.15, 0.2) is 79.7 Å². The minimum atomic E-state index is 0.203. The molecular formula is C36H47N. The zero-order chi connectivity index (χ0) is 28.4. The van der Waals surface area contributed by atoms with Crippen molar-refractivity contribution in [1.82, 2.24) is 4.98 Å². The van der Waals surface area contributed by atoms with Gasteiger partial charge in [-0.3, -0.25) is 4.98 Å². The lowest BCUT2D eigenvalue weighted by Crippen LogP contribution is -1.96. The molecule has 0 amide bonds. The normalized spacial score (nSPS) is 9.78. The summed E-state index contributed by atoms with van der Waals surface area (Å²) in [6.45, 7) is 27.7. The molecule has 0 aliphatic rings. The molecule has 0 aliphatic carbocycles. The molecule has 196 valence electrons. The Kier molecular flexibility index (Phi) is 16.8. The summed E-state index contributed by atoms with van der Waals surface area (Å²) in [4.78, 5) is 4.43. The van der Waals surface area contributed by atoms with Gasteiger partial charge in [0, 0.05) is 28.9 Å². The van der Waals surface area contributed by atoms with E-state index >= 15 is 0 Å². The Labute approximate surface area is 228 Å². The molecule has 1 heterocycles. The zero-order valence-electron chi connectivity index (χ0n) is 24.9. The average Bonchev–Trinajstić information content (AvgIpc) is 2.89. The summed E-state index contributed by atoms with van der Waals surface area (Å²) in [6.07, 6.45) is 6.47. The summed E-state index contributed by atoms with van der Waals surface area (Å²) in [5.41, 5.74) is 13.4. The van der Waals surface area contributed by atoms with Gasteiger partial charge in [-0.1, -0.05) is 101 Å². The third-order valence-corrected chi connectivity index (χ3v) is 5.47. The number of pyridine rings is 1. The quantitative estimate of drug-likeness (QED) is 0.201. The minimum absolute atomic E-state index is 0.203. The summed E-state index contributed by atoms with van der Waals surface area (Å²) < 4.78 is 0. The lowest BCUT2D eigenvalue weighted by molar-refractivity contribution is 0.982. The number of allylic oxidation sites excluding steroid dienone is 2. The molecule has 0 spiro atoms. The first-order chi connectivity index (χ1) is 17.7. The molecule has 0 bridgehead atoms. The Bertz CT molecular complexity index is 1210. The van der Waals surface area contributed by atoms with E-state index in [2.05, 4.69) is 127 Å². The van der Waals surface area contributed by atoms with E-state index in [1.807, 2.05) is 27.0 Å². The zero-order valence-corrected chi connectivity index (χ0v) is 24.9. The molecule has 0 N–H and O–H groups in total. The van der Waals surface area contributed by atoms with Crippen LogP contribution in [0.5, 0.6) is 0 Å². The Hall–Kier alpha value is -3.59. The van der Waals surface area contributed by atoms with Crippen LogP contribution in [-0.2, 0) is 0 Å². The third-order valence-electron chi connectivity index (χ3n) is 5.47. The maximum absolute atomic E-state index is 4.43. The van der Waals surface area contributed by atoms with E-state index in [4.69, 9.17) is 0 Å². The van der Waals surface area contributed by atoms with Crippen LogP contribution < -0.4 is 0 Å². The van der Waals surface area contributed by atoms with Gasteiger partial charge in [0.2, 0.25) is 0 Å². The summed E-state index contributed by atoms with van der Waals surface area (Å²) >= 11 is 0. The van der Waals surface area contributed by atoms with Gasteiger partial charge in [-0.15, -0.1) is 5.73 Å². The Morgan fingerprint density at radius 2 is 1.54 bits per heavy atom. The van der Waals surface area contributed by atoms with Crippen molar-refractivity contribution in [3.05, 3.63) is 119 Å². The van der Waals surface area contributed by atoms with Crippen molar-refractivity contribution in [2.24, 2.45) is 0 Å². The van der Waals surface area contributed by atoms with Crippen molar-refractivity contribution < 1.29 is 0 Å². The molecule has 1 heteroatoms. The molecule has 0 saturated heterocycles. The summed E-state index contributed by atoms with van der Waals surface area (Å²) in [7, 11) is 0. The number of aryl methyl sites for hydroxylation is 4. The molecule has 37 heavy (non-hydrogen) atoms. The molecule has 0 aliphatic heterocycles. The molecule has 2 aromatic carbocycles. The van der Waals surface area contributed by atoms with E-state index in [1.54, 1.807) is 12.2 Å². The molecule has 0 radical (unpaired) electrons. The second kappa shape index (κ2) is 18.6. The van der Waals surface area contributed by atoms with Gasteiger partial charge >= 0.3 is 0 Å². The average molecular weight is 494 g/mol. The van der Waals surface area contributed by atoms with Gasteiger partial charge in [0.25, 0.3) is 0 Å². The second-order valence-electron chi connectivity index (χ2n) is 8.82. The number of benzene rings is 2. The molecule has 0 unspecified atom stereocenters. The molecule has 3 rings (SSSR count). The van der Waals surface area contributed by atoms with Gasteiger partial charge < -0.3 is 0 Å². The van der Waals surface area contributed by atoms with Crippen LogP contribution in [-0.4, -0.2) is 4.98 Å². The summed E-state index contributed by atoms with van der Waals surface area (Å²) in [5, 5.41) is 0. The topological polar surface area (TPSA) is 12.9 Å². The highest BCUT2D eigenvalue weighted by Gasteiger charge is 2.08.